The summed E-state index contributed by atoms with van der Waals surface area (Å²) in [6, 6.07) is 24.3. The normalized spacial score (nSPS) is 14.5. The Morgan fingerprint density at radius 2 is 1.67 bits per heavy atom. The molecule has 6 heteroatoms. The van der Waals surface area contributed by atoms with Crippen LogP contribution in [0.25, 0.3) is 10.8 Å². The van der Waals surface area contributed by atoms with E-state index in [0.717, 1.165) is 34.9 Å². The van der Waals surface area contributed by atoms with Gasteiger partial charge in [-0.15, -0.1) is 0 Å². The molecule has 3 aromatic carbocycles. The summed E-state index contributed by atoms with van der Waals surface area (Å²) in [5, 5.41) is 13.7. The zero-order chi connectivity index (χ0) is 20.9. The smallest absolute Gasteiger partial charge is 0.327 e. The number of hydrogen-bond acceptors (Lipinski definition) is 3. The molecule has 4 rings (SSSR count). The van der Waals surface area contributed by atoms with Crippen LogP contribution >= 0.6 is 0 Å². The number of nitrogens with two attached hydrogens (primary N) is 1. The minimum Gasteiger partial charge on any atom is -0.382 e. The van der Waals surface area contributed by atoms with Gasteiger partial charge in [0.15, 0.2) is 5.96 Å². The van der Waals surface area contributed by atoms with Gasteiger partial charge in [-0.2, -0.15) is 0 Å². The highest BCUT2D eigenvalue weighted by Crippen LogP contribution is 2.22. The largest absolute Gasteiger partial charge is 0.382 e. The first kappa shape index (κ1) is 19.8. The molecule has 0 spiro atoms. The zero-order valence-corrected chi connectivity index (χ0v) is 16.9. The molecule has 1 heterocycles. The molecule has 1 aliphatic rings. The Balaban J connectivity index is 1.42. The summed E-state index contributed by atoms with van der Waals surface area (Å²) >= 11 is 0. The van der Waals surface area contributed by atoms with E-state index in [1.54, 1.807) is 4.90 Å². The molecule has 0 unspecified atom stereocenters. The van der Waals surface area contributed by atoms with E-state index in [9.17, 15) is 4.79 Å². The quantitative estimate of drug-likeness (QED) is 0.452. The SMILES string of the molecule is N=C(N)N(Cc1cccc2ccccc12)C(=O)N1CCC(Nc2ccccc2)CC1. The molecule has 3 aromatic rings. The van der Waals surface area contributed by atoms with E-state index in [1.807, 2.05) is 60.7 Å². The maximum atomic E-state index is 13.2. The standard InChI is InChI=1S/C24H27N5O/c25-23(26)29(17-19-9-6-8-18-7-4-5-12-22(18)19)24(30)28-15-13-21(14-16-28)27-20-10-2-1-3-11-20/h1-12,21,27H,13-17H2,(H3,25,26). The summed E-state index contributed by atoms with van der Waals surface area (Å²) in [5.74, 6) is -0.225. The Kier molecular flexibility index (Phi) is 5.84. The average molecular weight is 402 g/mol. The van der Waals surface area contributed by atoms with Crippen molar-refractivity contribution in [3.63, 3.8) is 0 Å². The van der Waals surface area contributed by atoms with E-state index in [2.05, 4.69) is 17.4 Å². The molecule has 1 fully saturated rings. The molecule has 30 heavy (non-hydrogen) atoms. The number of fused-ring (bicyclic) bond motifs is 1. The van der Waals surface area contributed by atoms with Gasteiger partial charge >= 0.3 is 6.03 Å². The van der Waals surface area contributed by atoms with Gasteiger partial charge in [-0.25, -0.2) is 4.79 Å². The van der Waals surface area contributed by atoms with Gasteiger partial charge in [0.1, 0.15) is 0 Å². The Bertz CT molecular complexity index is 1020. The van der Waals surface area contributed by atoms with Crippen LogP contribution < -0.4 is 11.1 Å². The van der Waals surface area contributed by atoms with Crippen LogP contribution in [0.5, 0.6) is 0 Å². The van der Waals surface area contributed by atoms with Crippen molar-refractivity contribution in [2.75, 3.05) is 18.4 Å². The lowest BCUT2D eigenvalue weighted by molar-refractivity contribution is 0.160. The molecule has 1 aliphatic heterocycles. The van der Waals surface area contributed by atoms with Crippen molar-refractivity contribution in [1.29, 1.82) is 5.41 Å². The van der Waals surface area contributed by atoms with E-state index in [-0.39, 0.29) is 18.5 Å². The average Bonchev–Trinajstić information content (AvgIpc) is 2.78. The van der Waals surface area contributed by atoms with Gasteiger partial charge in [0.25, 0.3) is 0 Å². The molecule has 0 atom stereocenters. The highest BCUT2D eigenvalue weighted by Gasteiger charge is 2.28. The summed E-state index contributed by atoms with van der Waals surface area (Å²) < 4.78 is 0. The molecule has 0 radical (unpaired) electrons. The number of nitrogens with one attached hydrogen (secondary N) is 2. The Morgan fingerprint density at radius 1 is 1.00 bits per heavy atom. The minimum atomic E-state index is -0.225. The second-order valence-corrected chi connectivity index (χ2v) is 7.66. The second kappa shape index (κ2) is 8.86. The van der Waals surface area contributed by atoms with Crippen molar-refractivity contribution in [2.24, 2.45) is 5.73 Å². The predicted octanol–water partition coefficient (Wildman–Crippen LogP) is 4.23. The number of carbonyl (C=O) groups excluding carboxylic acids is 1. The molecule has 0 aromatic heterocycles. The number of benzene rings is 3. The number of rotatable bonds is 4. The first-order chi connectivity index (χ1) is 14.6. The van der Waals surface area contributed by atoms with Gasteiger partial charge < -0.3 is 16.0 Å². The third-order valence-electron chi connectivity index (χ3n) is 5.64. The number of carbonyl (C=O) groups is 1. The fourth-order valence-corrected chi connectivity index (χ4v) is 4.01. The molecule has 154 valence electrons. The van der Waals surface area contributed by atoms with Crippen LogP contribution in [0.4, 0.5) is 10.5 Å². The molecular formula is C24H27N5O. The maximum absolute atomic E-state index is 13.2. The Labute approximate surface area is 176 Å². The van der Waals surface area contributed by atoms with Gasteiger partial charge in [0, 0.05) is 24.8 Å². The first-order valence-electron chi connectivity index (χ1n) is 10.3. The van der Waals surface area contributed by atoms with E-state index >= 15 is 0 Å². The van der Waals surface area contributed by atoms with Gasteiger partial charge in [0.05, 0.1) is 6.54 Å². The fraction of sp³-hybridized carbons (Fsp3) is 0.250. The third kappa shape index (κ3) is 4.38. The van der Waals surface area contributed by atoms with Crippen LogP contribution in [0.3, 0.4) is 0 Å². The van der Waals surface area contributed by atoms with Crippen LogP contribution in [0.1, 0.15) is 18.4 Å². The zero-order valence-electron chi connectivity index (χ0n) is 16.9. The van der Waals surface area contributed by atoms with Crippen molar-refractivity contribution >= 4 is 28.5 Å². The topological polar surface area (TPSA) is 85.5 Å². The van der Waals surface area contributed by atoms with Crippen molar-refractivity contribution in [3.8, 4) is 0 Å². The highest BCUT2D eigenvalue weighted by molar-refractivity contribution is 5.95. The summed E-state index contributed by atoms with van der Waals surface area (Å²) in [7, 11) is 0. The Morgan fingerprint density at radius 3 is 2.40 bits per heavy atom. The van der Waals surface area contributed by atoms with E-state index in [0.29, 0.717) is 19.1 Å². The lowest BCUT2D eigenvalue weighted by Crippen LogP contribution is -2.51. The lowest BCUT2D eigenvalue weighted by atomic mass is 10.0. The molecule has 1 saturated heterocycles. The monoisotopic (exact) mass is 401 g/mol. The number of anilines is 1. The number of amides is 2. The van der Waals surface area contributed by atoms with Crippen LogP contribution in [-0.4, -0.2) is 40.9 Å². The van der Waals surface area contributed by atoms with Crippen molar-refractivity contribution in [3.05, 3.63) is 78.4 Å². The molecule has 0 aliphatic carbocycles. The molecule has 0 bridgehead atoms. The minimum absolute atomic E-state index is 0.200. The molecule has 0 saturated carbocycles. The number of piperidine rings is 1. The number of nitrogens with zero attached hydrogens (tertiary/aromatic N) is 2. The maximum Gasteiger partial charge on any atom is 0.327 e. The van der Waals surface area contributed by atoms with Gasteiger partial charge in [-0.3, -0.25) is 10.3 Å². The van der Waals surface area contributed by atoms with Gasteiger partial charge in [-0.1, -0.05) is 60.7 Å². The van der Waals surface area contributed by atoms with Crippen molar-refractivity contribution < 1.29 is 4.79 Å². The van der Waals surface area contributed by atoms with Gasteiger partial charge in [-0.05, 0) is 41.3 Å². The number of likely N-dealkylation sites (tertiary alicyclic amines) is 1. The number of urea groups is 1. The lowest BCUT2D eigenvalue weighted by Gasteiger charge is -2.36. The van der Waals surface area contributed by atoms with Gasteiger partial charge in [0.2, 0.25) is 0 Å². The summed E-state index contributed by atoms with van der Waals surface area (Å²) in [4.78, 5) is 16.3. The molecular weight excluding hydrogens is 374 g/mol. The van der Waals surface area contributed by atoms with E-state index in [4.69, 9.17) is 11.1 Å². The second-order valence-electron chi connectivity index (χ2n) is 7.66. The summed E-state index contributed by atoms with van der Waals surface area (Å²) in [5.41, 5.74) is 7.90. The summed E-state index contributed by atoms with van der Waals surface area (Å²) in [6.45, 7) is 1.57. The fourth-order valence-electron chi connectivity index (χ4n) is 4.01. The van der Waals surface area contributed by atoms with Crippen LogP contribution in [0.2, 0.25) is 0 Å². The van der Waals surface area contributed by atoms with Crippen molar-refractivity contribution in [1.82, 2.24) is 9.80 Å². The summed E-state index contributed by atoms with van der Waals surface area (Å²) in [6.07, 6.45) is 1.72. The number of para-hydroxylation sites is 1. The Hall–Kier alpha value is -3.54. The predicted molar refractivity (Wildman–Crippen MR) is 121 cm³/mol. The number of hydrogen-bond donors (Lipinski definition) is 3. The van der Waals surface area contributed by atoms with E-state index < -0.39 is 0 Å². The van der Waals surface area contributed by atoms with Crippen LogP contribution in [0, 0.1) is 5.41 Å². The first-order valence-corrected chi connectivity index (χ1v) is 10.3. The number of guanidine groups is 1. The third-order valence-corrected chi connectivity index (χ3v) is 5.64. The highest BCUT2D eigenvalue weighted by atomic mass is 16.2. The van der Waals surface area contributed by atoms with Crippen LogP contribution in [-0.2, 0) is 6.54 Å². The van der Waals surface area contributed by atoms with E-state index in [1.165, 1.54) is 4.90 Å². The van der Waals surface area contributed by atoms with Crippen LogP contribution in [0.15, 0.2) is 72.8 Å². The molecule has 2 amide bonds. The molecule has 4 N–H and O–H groups in total. The molecule has 6 nitrogen and oxygen atoms in total. The van der Waals surface area contributed by atoms with Crippen molar-refractivity contribution in [2.45, 2.75) is 25.4 Å².